The zero-order valence-corrected chi connectivity index (χ0v) is 12.4. The minimum Gasteiger partial charge on any atom is -0.497 e. The van der Waals surface area contributed by atoms with Crippen LogP contribution in [0.3, 0.4) is 0 Å². The zero-order chi connectivity index (χ0) is 13.8. The standard InChI is InChI=1S/C12H10BrN3O2S/c1-17-7-2-3-10(8(13)4-7)18-11-6-15-9(5-16-11)12(14)19/h2-6H,1H3,(H2,14,19). The van der Waals surface area contributed by atoms with E-state index < -0.39 is 0 Å². The molecule has 7 heteroatoms. The molecule has 0 unspecified atom stereocenters. The molecule has 2 N–H and O–H groups in total. The van der Waals surface area contributed by atoms with Crippen molar-refractivity contribution in [2.75, 3.05) is 7.11 Å². The fraction of sp³-hybridized carbons (Fsp3) is 0.0833. The van der Waals surface area contributed by atoms with Crippen LogP contribution >= 0.6 is 28.1 Å². The lowest BCUT2D eigenvalue weighted by atomic mass is 10.3. The maximum atomic E-state index is 5.58. The summed E-state index contributed by atoms with van der Waals surface area (Å²) >= 11 is 8.19. The molecule has 1 aromatic heterocycles. The van der Waals surface area contributed by atoms with Gasteiger partial charge >= 0.3 is 0 Å². The van der Waals surface area contributed by atoms with Gasteiger partial charge in [0.15, 0.2) is 0 Å². The van der Waals surface area contributed by atoms with Gasteiger partial charge < -0.3 is 15.2 Å². The Morgan fingerprint density at radius 1 is 1.32 bits per heavy atom. The highest BCUT2D eigenvalue weighted by Crippen LogP contribution is 2.31. The van der Waals surface area contributed by atoms with Gasteiger partial charge in [0, 0.05) is 0 Å². The van der Waals surface area contributed by atoms with E-state index in [1.807, 2.05) is 0 Å². The number of thiocarbonyl (C=S) groups is 1. The molecule has 0 saturated carbocycles. The van der Waals surface area contributed by atoms with E-state index in [1.54, 1.807) is 25.3 Å². The number of benzene rings is 1. The van der Waals surface area contributed by atoms with E-state index in [-0.39, 0.29) is 4.99 Å². The van der Waals surface area contributed by atoms with Crippen LogP contribution in [0.2, 0.25) is 0 Å². The summed E-state index contributed by atoms with van der Waals surface area (Å²) in [5.41, 5.74) is 5.89. The highest BCUT2D eigenvalue weighted by molar-refractivity contribution is 9.10. The number of halogens is 1. The van der Waals surface area contributed by atoms with Crippen LogP contribution in [0.25, 0.3) is 0 Å². The van der Waals surface area contributed by atoms with Gasteiger partial charge in [-0.05, 0) is 34.1 Å². The number of hydrogen-bond acceptors (Lipinski definition) is 5. The highest BCUT2D eigenvalue weighted by Gasteiger charge is 2.06. The van der Waals surface area contributed by atoms with E-state index in [0.717, 1.165) is 10.2 Å². The van der Waals surface area contributed by atoms with E-state index >= 15 is 0 Å². The summed E-state index contributed by atoms with van der Waals surface area (Å²) in [4.78, 5) is 8.32. The van der Waals surface area contributed by atoms with Crippen LogP contribution in [0.15, 0.2) is 35.1 Å². The monoisotopic (exact) mass is 339 g/mol. The Morgan fingerprint density at radius 2 is 2.11 bits per heavy atom. The van der Waals surface area contributed by atoms with Gasteiger partial charge in [0.2, 0.25) is 5.88 Å². The molecule has 19 heavy (non-hydrogen) atoms. The Kier molecular flexibility index (Phi) is 4.28. The summed E-state index contributed by atoms with van der Waals surface area (Å²) in [5.74, 6) is 1.69. The third-order valence-corrected chi connectivity index (χ3v) is 3.06. The first-order valence-corrected chi connectivity index (χ1v) is 6.43. The Hall–Kier alpha value is -1.73. The van der Waals surface area contributed by atoms with Crippen LogP contribution in [-0.4, -0.2) is 22.1 Å². The molecule has 2 aromatic rings. The summed E-state index contributed by atoms with van der Waals surface area (Å²) in [7, 11) is 1.60. The Morgan fingerprint density at radius 3 is 2.63 bits per heavy atom. The predicted octanol–water partition coefficient (Wildman–Crippen LogP) is 2.67. The Labute approximate surface area is 123 Å². The molecule has 0 aliphatic rings. The van der Waals surface area contributed by atoms with Crippen LogP contribution < -0.4 is 15.2 Å². The minimum absolute atomic E-state index is 0.199. The average Bonchev–Trinajstić information content (AvgIpc) is 2.41. The highest BCUT2D eigenvalue weighted by atomic mass is 79.9. The van der Waals surface area contributed by atoms with Crippen molar-refractivity contribution in [3.8, 4) is 17.4 Å². The van der Waals surface area contributed by atoms with Crippen LogP contribution in [0.4, 0.5) is 0 Å². The van der Waals surface area contributed by atoms with Gasteiger partial charge in [-0.1, -0.05) is 12.2 Å². The molecule has 0 fully saturated rings. The van der Waals surface area contributed by atoms with E-state index in [2.05, 4.69) is 25.9 Å². The van der Waals surface area contributed by atoms with Gasteiger partial charge in [-0.2, -0.15) is 0 Å². The largest absolute Gasteiger partial charge is 0.497 e. The number of rotatable bonds is 4. The van der Waals surface area contributed by atoms with E-state index in [4.69, 9.17) is 27.4 Å². The van der Waals surface area contributed by atoms with E-state index in [0.29, 0.717) is 17.3 Å². The van der Waals surface area contributed by atoms with Crippen molar-refractivity contribution in [1.82, 2.24) is 9.97 Å². The molecule has 0 amide bonds. The molecule has 2 rings (SSSR count). The number of hydrogen-bond donors (Lipinski definition) is 1. The van der Waals surface area contributed by atoms with Crippen LogP contribution in [0.5, 0.6) is 17.4 Å². The number of nitrogens with two attached hydrogens (primary N) is 1. The quantitative estimate of drug-likeness (QED) is 0.863. The maximum Gasteiger partial charge on any atom is 0.237 e. The predicted molar refractivity (Wildman–Crippen MR) is 78.7 cm³/mol. The van der Waals surface area contributed by atoms with Gasteiger partial charge in [0.05, 0.1) is 24.0 Å². The number of methoxy groups -OCH3 is 1. The second-order valence-corrected chi connectivity index (χ2v) is 4.80. The molecule has 0 aliphatic heterocycles. The lowest BCUT2D eigenvalue weighted by Gasteiger charge is -2.08. The van der Waals surface area contributed by atoms with Crippen molar-refractivity contribution in [2.24, 2.45) is 5.73 Å². The van der Waals surface area contributed by atoms with E-state index in [1.165, 1.54) is 12.4 Å². The van der Waals surface area contributed by atoms with Crippen LogP contribution in [0, 0.1) is 0 Å². The fourth-order valence-corrected chi connectivity index (χ4v) is 1.84. The first kappa shape index (κ1) is 13.7. The summed E-state index contributed by atoms with van der Waals surface area (Å²) in [5, 5.41) is 0. The molecule has 0 saturated heterocycles. The smallest absolute Gasteiger partial charge is 0.237 e. The van der Waals surface area contributed by atoms with Crippen molar-refractivity contribution in [3.05, 3.63) is 40.8 Å². The van der Waals surface area contributed by atoms with Gasteiger partial charge in [-0.25, -0.2) is 9.97 Å². The molecule has 0 atom stereocenters. The lowest BCUT2D eigenvalue weighted by Crippen LogP contribution is -2.11. The van der Waals surface area contributed by atoms with Crippen molar-refractivity contribution in [2.45, 2.75) is 0 Å². The molecule has 0 bridgehead atoms. The molecule has 0 aliphatic carbocycles. The SMILES string of the molecule is COc1ccc(Oc2cnc(C(N)=S)cn2)c(Br)c1. The minimum atomic E-state index is 0.199. The van der Waals surface area contributed by atoms with Gasteiger partial charge in [-0.15, -0.1) is 0 Å². The molecular formula is C12H10BrN3O2S. The van der Waals surface area contributed by atoms with Crippen molar-refractivity contribution < 1.29 is 9.47 Å². The number of nitrogens with zero attached hydrogens (tertiary/aromatic N) is 2. The van der Waals surface area contributed by atoms with E-state index in [9.17, 15) is 0 Å². The normalized spacial score (nSPS) is 10.0. The molecule has 98 valence electrons. The third kappa shape index (κ3) is 3.39. The lowest BCUT2D eigenvalue weighted by molar-refractivity contribution is 0.411. The average molecular weight is 340 g/mol. The summed E-state index contributed by atoms with van der Waals surface area (Å²) in [6.45, 7) is 0. The Bertz CT molecular complexity index is 604. The second kappa shape index (κ2) is 5.94. The molecule has 1 heterocycles. The van der Waals surface area contributed by atoms with Gasteiger partial charge in [-0.3, -0.25) is 0 Å². The molecule has 1 aromatic carbocycles. The van der Waals surface area contributed by atoms with Crippen molar-refractivity contribution >= 4 is 33.1 Å². The topological polar surface area (TPSA) is 70.3 Å². The van der Waals surface area contributed by atoms with Crippen molar-refractivity contribution in [1.29, 1.82) is 0 Å². The van der Waals surface area contributed by atoms with Crippen LogP contribution in [-0.2, 0) is 0 Å². The summed E-state index contributed by atoms with van der Waals surface area (Å²) in [6.07, 6.45) is 2.93. The second-order valence-electron chi connectivity index (χ2n) is 3.50. The van der Waals surface area contributed by atoms with Gasteiger partial charge in [0.1, 0.15) is 22.2 Å². The van der Waals surface area contributed by atoms with Crippen molar-refractivity contribution in [3.63, 3.8) is 0 Å². The molecule has 0 spiro atoms. The first-order chi connectivity index (χ1) is 9.10. The number of aromatic nitrogens is 2. The summed E-state index contributed by atoms with van der Waals surface area (Å²) < 4.78 is 11.4. The molecule has 5 nitrogen and oxygen atoms in total. The van der Waals surface area contributed by atoms with Gasteiger partial charge in [0.25, 0.3) is 0 Å². The maximum absolute atomic E-state index is 5.58. The molecular weight excluding hydrogens is 330 g/mol. The Balaban J connectivity index is 2.19. The fourth-order valence-electron chi connectivity index (χ4n) is 1.30. The first-order valence-electron chi connectivity index (χ1n) is 5.23. The third-order valence-electron chi connectivity index (χ3n) is 2.23. The summed E-state index contributed by atoms with van der Waals surface area (Å²) in [6, 6.07) is 5.36. The number of ether oxygens (including phenoxy) is 2. The molecule has 0 radical (unpaired) electrons. The van der Waals surface area contributed by atoms with Crippen LogP contribution in [0.1, 0.15) is 5.69 Å². The zero-order valence-electron chi connectivity index (χ0n) is 9.96.